The summed E-state index contributed by atoms with van der Waals surface area (Å²) >= 11 is 5.19. The molecule has 2 aromatic carbocycles. The Morgan fingerprint density at radius 3 is 2.23 bits per heavy atom. The van der Waals surface area contributed by atoms with Crippen molar-refractivity contribution < 1.29 is 22.8 Å². The van der Waals surface area contributed by atoms with Gasteiger partial charge in [0.25, 0.3) is 5.91 Å². The molecule has 1 saturated carbocycles. The van der Waals surface area contributed by atoms with E-state index < -0.39 is 17.6 Å². The molecule has 0 heterocycles. The number of nitrogens with one attached hydrogen (secondary N) is 3. The lowest BCUT2D eigenvalue weighted by Gasteiger charge is -2.21. The van der Waals surface area contributed by atoms with E-state index >= 15 is 0 Å². The van der Waals surface area contributed by atoms with E-state index in [9.17, 15) is 22.8 Å². The van der Waals surface area contributed by atoms with Crippen LogP contribution in [0, 0.1) is 5.92 Å². The molecule has 3 rings (SSSR count). The SMILES string of the molecule is O=C(Nc1cccc(C(F)(F)F)c1)c1cccc(NC(=S)NC(=O)C2CCCCC2)c1. The maximum absolute atomic E-state index is 12.8. The van der Waals surface area contributed by atoms with Crippen molar-refractivity contribution in [3.63, 3.8) is 0 Å². The lowest BCUT2D eigenvalue weighted by molar-refractivity contribution is -0.137. The van der Waals surface area contributed by atoms with E-state index in [0.29, 0.717) is 5.69 Å². The summed E-state index contributed by atoms with van der Waals surface area (Å²) in [6.45, 7) is 0. The third kappa shape index (κ3) is 6.52. The molecule has 0 radical (unpaired) electrons. The summed E-state index contributed by atoms with van der Waals surface area (Å²) < 4.78 is 38.5. The zero-order valence-electron chi connectivity index (χ0n) is 16.6. The van der Waals surface area contributed by atoms with E-state index in [1.165, 1.54) is 24.3 Å². The minimum absolute atomic E-state index is 0.0356. The molecule has 2 aromatic rings. The van der Waals surface area contributed by atoms with Gasteiger partial charge in [0.1, 0.15) is 0 Å². The average molecular weight is 449 g/mol. The monoisotopic (exact) mass is 449 g/mol. The molecular weight excluding hydrogens is 427 g/mol. The highest BCUT2D eigenvalue weighted by atomic mass is 32.1. The zero-order valence-corrected chi connectivity index (χ0v) is 17.4. The molecule has 0 aliphatic heterocycles. The van der Waals surface area contributed by atoms with Crippen molar-refractivity contribution in [2.24, 2.45) is 5.92 Å². The second-order valence-electron chi connectivity index (χ2n) is 7.39. The fourth-order valence-corrected chi connectivity index (χ4v) is 3.67. The normalized spacial score (nSPS) is 14.5. The molecule has 9 heteroatoms. The van der Waals surface area contributed by atoms with E-state index in [4.69, 9.17) is 12.2 Å². The molecule has 0 saturated heterocycles. The predicted molar refractivity (Wildman–Crippen MR) is 117 cm³/mol. The highest BCUT2D eigenvalue weighted by molar-refractivity contribution is 7.80. The molecule has 0 aromatic heterocycles. The van der Waals surface area contributed by atoms with Crippen LogP contribution in [0.25, 0.3) is 0 Å². The molecule has 5 nitrogen and oxygen atoms in total. The van der Waals surface area contributed by atoms with Crippen LogP contribution < -0.4 is 16.0 Å². The van der Waals surface area contributed by atoms with Gasteiger partial charge in [0.15, 0.2) is 5.11 Å². The van der Waals surface area contributed by atoms with Crippen molar-refractivity contribution in [2.75, 3.05) is 10.6 Å². The summed E-state index contributed by atoms with van der Waals surface area (Å²) in [5.74, 6) is -0.728. The maximum Gasteiger partial charge on any atom is 0.416 e. The number of carbonyl (C=O) groups is 2. The van der Waals surface area contributed by atoms with Crippen molar-refractivity contribution in [2.45, 2.75) is 38.3 Å². The smallest absolute Gasteiger partial charge is 0.332 e. The minimum atomic E-state index is -4.50. The van der Waals surface area contributed by atoms with Crippen molar-refractivity contribution in [3.05, 3.63) is 59.7 Å². The first-order valence-electron chi connectivity index (χ1n) is 9.93. The van der Waals surface area contributed by atoms with Crippen molar-refractivity contribution in [1.29, 1.82) is 0 Å². The summed E-state index contributed by atoms with van der Waals surface area (Å²) in [7, 11) is 0. The summed E-state index contributed by atoms with van der Waals surface area (Å²) in [5.41, 5.74) is -0.109. The van der Waals surface area contributed by atoms with Crippen LogP contribution in [0.2, 0.25) is 0 Å². The van der Waals surface area contributed by atoms with Gasteiger partial charge < -0.3 is 16.0 Å². The van der Waals surface area contributed by atoms with Gasteiger partial charge in [-0.15, -0.1) is 0 Å². The second-order valence-corrected chi connectivity index (χ2v) is 7.80. The van der Waals surface area contributed by atoms with Crippen LogP contribution in [-0.2, 0) is 11.0 Å². The van der Waals surface area contributed by atoms with E-state index in [1.807, 2.05) is 0 Å². The Morgan fingerprint density at radius 1 is 0.903 bits per heavy atom. The van der Waals surface area contributed by atoms with Crippen LogP contribution in [0.5, 0.6) is 0 Å². The number of alkyl halides is 3. The third-order valence-corrected chi connectivity index (χ3v) is 5.25. The first-order valence-corrected chi connectivity index (χ1v) is 10.3. The number of rotatable bonds is 4. The first kappa shape index (κ1) is 22.7. The fourth-order valence-electron chi connectivity index (χ4n) is 3.46. The molecular formula is C22H22F3N3O2S. The summed E-state index contributed by atoms with van der Waals surface area (Å²) in [6.07, 6.45) is 0.395. The summed E-state index contributed by atoms with van der Waals surface area (Å²) in [4.78, 5) is 24.8. The van der Waals surface area contributed by atoms with Crippen LogP contribution >= 0.6 is 12.2 Å². The van der Waals surface area contributed by atoms with Crippen LogP contribution in [0.4, 0.5) is 24.5 Å². The van der Waals surface area contributed by atoms with Gasteiger partial charge in [-0.2, -0.15) is 13.2 Å². The predicted octanol–water partition coefficient (Wildman–Crippen LogP) is 5.35. The Bertz CT molecular complexity index is 972. The summed E-state index contributed by atoms with van der Waals surface area (Å²) in [5, 5.41) is 8.14. The molecule has 31 heavy (non-hydrogen) atoms. The fraction of sp³-hybridized carbons (Fsp3) is 0.318. The molecule has 0 spiro atoms. The Kier molecular flexibility index (Phi) is 7.27. The molecule has 3 N–H and O–H groups in total. The zero-order chi connectivity index (χ0) is 22.4. The van der Waals surface area contributed by atoms with Gasteiger partial charge in [-0.05, 0) is 61.5 Å². The number of amides is 2. The van der Waals surface area contributed by atoms with Gasteiger partial charge in [-0.3, -0.25) is 9.59 Å². The number of hydrogen-bond acceptors (Lipinski definition) is 3. The van der Waals surface area contributed by atoms with Crippen molar-refractivity contribution >= 4 is 40.5 Å². The lowest BCUT2D eigenvalue weighted by Crippen LogP contribution is -2.39. The van der Waals surface area contributed by atoms with E-state index in [-0.39, 0.29) is 28.2 Å². The second kappa shape index (κ2) is 9.91. The number of benzene rings is 2. The Morgan fingerprint density at radius 2 is 1.55 bits per heavy atom. The number of carbonyl (C=O) groups excluding carboxylic acids is 2. The van der Waals surface area contributed by atoms with Gasteiger partial charge in [0, 0.05) is 22.9 Å². The quantitative estimate of drug-likeness (QED) is 0.551. The van der Waals surface area contributed by atoms with Gasteiger partial charge in [0.05, 0.1) is 5.56 Å². The number of anilines is 2. The highest BCUT2D eigenvalue weighted by Gasteiger charge is 2.30. The molecule has 1 aliphatic rings. The van der Waals surface area contributed by atoms with Crippen LogP contribution in [0.15, 0.2) is 48.5 Å². The van der Waals surface area contributed by atoms with Gasteiger partial charge in [-0.25, -0.2) is 0 Å². The molecule has 164 valence electrons. The van der Waals surface area contributed by atoms with Gasteiger partial charge in [0.2, 0.25) is 5.91 Å². The minimum Gasteiger partial charge on any atom is -0.332 e. The molecule has 0 unspecified atom stereocenters. The van der Waals surface area contributed by atoms with Crippen molar-refractivity contribution in [1.82, 2.24) is 5.32 Å². The maximum atomic E-state index is 12.8. The largest absolute Gasteiger partial charge is 0.416 e. The van der Waals surface area contributed by atoms with E-state index in [2.05, 4.69) is 16.0 Å². The van der Waals surface area contributed by atoms with Gasteiger partial charge >= 0.3 is 6.18 Å². The standard InChI is InChI=1S/C22H22F3N3O2S/c23-22(24,25)16-9-5-11-18(13-16)26-20(30)15-8-4-10-17(12-15)27-21(31)28-19(29)14-6-2-1-3-7-14/h4-5,8-14H,1-3,6-7H2,(H,26,30)(H2,27,28,29,31). The Balaban J connectivity index is 1.61. The number of hydrogen-bond donors (Lipinski definition) is 3. The summed E-state index contributed by atoms with van der Waals surface area (Å²) in [6, 6.07) is 10.7. The topological polar surface area (TPSA) is 70.2 Å². The molecule has 0 bridgehead atoms. The Hall–Kier alpha value is -2.94. The molecule has 1 aliphatic carbocycles. The third-order valence-electron chi connectivity index (χ3n) is 5.04. The lowest BCUT2D eigenvalue weighted by atomic mass is 9.89. The van der Waals surface area contributed by atoms with E-state index in [0.717, 1.165) is 44.2 Å². The number of halogens is 3. The van der Waals surface area contributed by atoms with E-state index in [1.54, 1.807) is 12.1 Å². The molecule has 1 fully saturated rings. The highest BCUT2D eigenvalue weighted by Crippen LogP contribution is 2.30. The molecule has 0 atom stereocenters. The molecule has 2 amide bonds. The van der Waals surface area contributed by atoms with Crippen LogP contribution in [-0.4, -0.2) is 16.9 Å². The van der Waals surface area contributed by atoms with Crippen molar-refractivity contribution in [3.8, 4) is 0 Å². The van der Waals surface area contributed by atoms with Crippen LogP contribution in [0.1, 0.15) is 48.0 Å². The average Bonchev–Trinajstić information content (AvgIpc) is 2.74. The van der Waals surface area contributed by atoms with Gasteiger partial charge in [-0.1, -0.05) is 31.4 Å². The first-order chi connectivity index (χ1) is 14.7. The van der Waals surface area contributed by atoms with Crippen LogP contribution in [0.3, 0.4) is 0 Å². The Labute approximate surface area is 183 Å². The number of thiocarbonyl (C=S) groups is 1.